The smallest absolute Gasteiger partial charge is 0.250 e. The lowest BCUT2D eigenvalue weighted by atomic mass is 10.1. The molecule has 0 spiro atoms. The van der Waals surface area contributed by atoms with Gasteiger partial charge in [-0.25, -0.2) is 4.39 Å². The van der Waals surface area contributed by atoms with Gasteiger partial charge in [-0.15, -0.1) is 0 Å². The van der Waals surface area contributed by atoms with Gasteiger partial charge in [0.2, 0.25) is 0 Å². The zero-order valence-electron chi connectivity index (χ0n) is 10.4. The fourth-order valence-electron chi connectivity index (χ4n) is 1.73. The van der Waals surface area contributed by atoms with Crippen LogP contribution < -0.4 is 16.8 Å². The number of carbonyl (C=O) groups is 1. The van der Waals surface area contributed by atoms with E-state index < -0.39 is 5.91 Å². The number of carbonyl (C=O) groups excluding carboxylic acids is 1. The number of para-hydroxylation sites is 1. The number of primary amides is 1. The van der Waals surface area contributed by atoms with Crippen molar-refractivity contribution in [1.82, 2.24) is 0 Å². The van der Waals surface area contributed by atoms with Gasteiger partial charge in [0.05, 0.1) is 16.9 Å². The van der Waals surface area contributed by atoms with Crippen molar-refractivity contribution >= 4 is 23.0 Å². The number of nitrogens with one attached hydrogen (secondary N) is 1. The zero-order chi connectivity index (χ0) is 14.0. The Balaban J connectivity index is 2.42. The summed E-state index contributed by atoms with van der Waals surface area (Å²) in [6, 6.07) is 9.52. The van der Waals surface area contributed by atoms with Crippen LogP contribution >= 0.6 is 0 Å². The van der Waals surface area contributed by atoms with Crippen LogP contribution in [0, 0.1) is 12.7 Å². The van der Waals surface area contributed by atoms with Crippen LogP contribution in [-0.4, -0.2) is 5.91 Å². The predicted molar refractivity (Wildman–Crippen MR) is 73.8 cm³/mol. The summed E-state index contributed by atoms with van der Waals surface area (Å²) in [4.78, 5) is 11.3. The van der Waals surface area contributed by atoms with Gasteiger partial charge >= 0.3 is 0 Å². The third-order valence-electron chi connectivity index (χ3n) is 2.80. The summed E-state index contributed by atoms with van der Waals surface area (Å²) in [7, 11) is 0. The number of amides is 1. The van der Waals surface area contributed by atoms with E-state index in [1.807, 2.05) is 0 Å². The van der Waals surface area contributed by atoms with E-state index in [0.29, 0.717) is 22.6 Å². The van der Waals surface area contributed by atoms with Gasteiger partial charge < -0.3 is 16.8 Å². The van der Waals surface area contributed by atoms with Gasteiger partial charge in [0.1, 0.15) is 5.82 Å². The van der Waals surface area contributed by atoms with Gasteiger partial charge in [0.25, 0.3) is 5.91 Å². The van der Waals surface area contributed by atoms with Gasteiger partial charge in [-0.3, -0.25) is 4.79 Å². The molecule has 0 saturated heterocycles. The molecule has 98 valence electrons. The lowest BCUT2D eigenvalue weighted by Crippen LogP contribution is -2.14. The third-order valence-corrected chi connectivity index (χ3v) is 2.80. The second kappa shape index (κ2) is 4.97. The summed E-state index contributed by atoms with van der Waals surface area (Å²) < 4.78 is 13.5. The predicted octanol–water partition coefficient (Wildman–Crippen LogP) is 2.56. The normalized spacial score (nSPS) is 10.2. The lowest BCUT2D eigenvalue weighted by Gasteiger charge is -2.13. The standard InChI is InChI=1S/C14H14FN3O/c1-8-5-6-9(7-11(8)15)18-13-10(14(17)19)3-2-4-12(13)16/h2-7,18H,16H2,1H3,(H2,17,19). The molecule has 0 aliphatic carbocycles. The van der Waals surface area contributed by atoms with Crippen molar-refractivity contribution < 1.29 is 9.18 Å². The summed E-state index contributed by atoms with van der Waals surface area (Å²) in [6.45, 7) is 1.67. The number of aryl methyl sites for hydroxylation is 1. The van der Waals surface area contributed by atoms with Crippen molar-refractivity contribution in [2.75, 3.05) is 11.1 Å². The largest absolute Gasteiger partial charge is 0.397 e. The maximum atomic E-state index is 13.5. The highest BCUT2D eigenvalue weighted by atomic mass is 19.1. The van der Waals surface area contributed by atoms with Crippen molar-refractivity contribution in [3.63, 3.8) is 0 Å². The molecule has 2 aromatic carbocycles. The molecule has 5 N–H and O–H groups in total. The van der Waals surface area contributed by atoms with E-state index in [-0.39, 0.29) is 11.4 Å². The van der Waals surface area contributed by atoms with Crippen LogP contribution in [0.25, 0.3) is 0 Å². The highest BCUT2D eigenvalue weighted by Crippen LogP contribution is 2.27. The van der Waals surface area contributed by atoms with Crippen molar-refractivity contribution in [3.05, 3.63) is 53.3 Å². The Kier molecular flexibility index (Phi) is 3.37. The molecular weight excluding hydrogens is 245 g/mol. The second-order valence-electron chi connectivity index (χ2n) is 4.22. The summed E-state index contributed by atoms with van der Waals surface area (Å²) in [6.07, 6.45) is 0. The number of halogens is 1. The van der Waals surface area contributed by atoms with E-state index in [9.17, 15) is 9.18 Å². The molecule has 0 saturated carbocycles. The highest BCUT2D eigenvalue weighted by molar-refractivity contribution is 6.02. The Labute approximate surface area is 110 Å². The number of anilines is 3. The molecule has 0 bridgehead atoms. The average Bonchev–Trinajstić information content (AvgIpc) is 2.36. The molecule has 4 nitrogen and oxygen atoms in total. The molecule has 0 aromatic heterocycles. The van der Waals surface area contributed by atoms with Crippen molar-refractivity contribution in [1.29, 1.82) is 0 Å². The first-order valence-electron chi connectivity index (χ1n) is 5.70. The summed E-state index contributed by atoms with van der Waals surface area (Å²) in [5.74, 6) is -0.928. The molecule has 2 aromatic rings. The van der Waals surface area contributed by atoms with E-state index >= 15 is 0 Å². The van der Waals surface area contributed by atoms with E-state index in [1.165, 1.54) is 6.07 Å². The minimum Gasteiger partial charge on any atom is -0.397 e. The molecule has 0 unspecified atom stereocenters. The average molecular weight is 259 g/mol. The molecule has 0 aliphatic rings. The van der Waals surface area contributed by atoms with E-state index in [1.54, 1.807) is 37.3 Å². The maximum absolute atomic E-state index is 13.5. The molecule has 0 aliphatic heterocycles. The first-order valence-corrected chi connectivity index (χ1v) is 5.70. The number of nitrogen functional groups attached to an aromatic ring is 1. The zero-order valence-corrected chi connectivity index (χ0v) is 10.4. The van der Waals surface area contributed by atoms with Gasteiger partial charge in [-0.2, -0.15) is 0 Å². The van der Waals surface area contributed by atoms with Crippen LogP contribution in [0.5, 0.6) is 0 Å². The Morgan fingerprint density at radius 1 is 1.26 bits per heavy atom. The molecular formula is C14H14FN3O. The van der Waals surface area contributed by atoms with E-state index in [4.69, 9.17) is 11.5 Å². The summed E-state index contributed by atoms with van der Waals surface area (Å²) in [5.41, 5.74) is 13.2. The van der Waals surface area contributed by atoms with Gasteiger partial charge in [0.15, 0.2) is 0 Å². The molecule has 0 fully saturated rings. The van der Waals surface area contributed by atoms with Crippen molar-refractivity contribution in [2.45, 2.75) is 6.92 Å². The van der Waals surface area contributed by atoms with Crippen LogP contribution in [-0.2, 0) is 0 Å². The summed E-state index contributed by atoms with van der Waals surface area (Å²) >= 11 is 0. The molecule has 1 amide bonds. The summed E-state index contributed by atoms with van der Waals surface area (Å²) in [5, 5.41) is 2.92. The third kappa shape index (κ3) is 2.65. The van der Waals surface area contributed by atoms with Gasteiger partial charge in [-0.05, 0) is 36.8 Å². The Morgan fingerprint density at radius 2 is 2.00 bits per heavy atom. The number of benzene rings is 2. The van der Waals surface area contributed by atoms with Crippen LogP contribution in [0.2, 0.25) is 0 Å². The number of rotatable bonds is 3. The molecule has 2 rings (SSSR count). The van der Waals surface area contributed by atoms with Crippen LogP contribution in [0.15, 0.2) is 36.4 Å². The minimum atomic E-state index is -0.595. The first kappa shape index (κ1) is 12.9. The number of hydrogen-bond donors (Lipinski definition) is 3. The van der Waals surface area contributed by atoms with E-state index in [0.717, 1.165) is 0 Å². The van der Waals surface area contributed by atoms with Gasteiger partial charge in [-0.1, -0.05) is 12.1 Å². The monoisotopic (exact) mass is 259 g/mol. The fraction of sp³-hybridized carbons (Fsp3) is 0.0714. The van der Waals surface area contributed by atoms with Crippen LogP contribution in [0.1, 0.15) is 15.9 Å². The molecule has 19 heavy (non-hydrogen) atoms. The van der Waals surface area contributed by atoms with E-state index in [2.05, 4.69) is 5.32 Å². The van der Waals surface area contributed by atoms with Crippen LogP contribution in [0.4, 0.5) is 21.5 Å². The quantitative estimate of drug-likeness (QED) is 0.741. The number of nitrogens with two attached hydrogens (primary N) is 2. The lowest BCUT2D eigenvalue weighted by molar-refractivity contribution is 0.100. The highest BCUT2D eigenvalue weighted by Gasteiger charge is 2.11. The van der Waals surface area contributed by atoms with Crippen molar-refractivity contribution in [3.8, 4) is 0 Å². The fourth-order valence-corrected chi connectivity index (χ4v) is 1.73. The molecule has 0 heterocycles. The molecule has 0 atom stereocenters. The Bertz CT molecular complexity index is 641. The number of hydrogen-bond acceptors (Lipinski definition) is 3. The SMILES string of the molecule is Cc1ccc(Nc2c(N)cccc2C(N)=O)cc1F. The maximum Gasteiger partial charge on any atom is 0.250 e. The van der Waals surface area contributed by atoms with Crippen molar-refractivity contribution in [2.24, 2.45) is 5.73 Å². The van der Waals surface area contributed by atoms with Crippen LogP contribution in [0.3, 0.4) is 0 Å². The topological polar surface area (TPSA) is 81.1 Å². The van der Waals surface area contributed by atoms with Gasteiger partial charge in [0, 0.05) is 5.69 Å². The first-order chi connectivity index (χ1) is 8.99. The minimum absolute atomic E-state index is 0.265. The Morgan fingerprint density at radius 3 is 2.63 bits per heavy atom. The molecule has 5 heteroatoms. The molecule has 0 radical (unpaired) electrons. The second-order valence-corrected chi connectivity index (χ2v) is 4.22. The Hall–Kier alpha value is -2.56.